The van der Waals surface area contributed by atoms with E-state index in [0.717, 1.165) is 34.7 Å². The van der Waals surface area contributed by atoms with E-state index in [9.17, 15) is 9.59 Å². The normalized spacial score (nSPS) is 20.8. The van der Waals surface area contributed by atoms with Gasteiger partial charge in [-0.25, -0.2) is 9.78 Å². The molecule has 0 bridgehead atoms. The van der Waals surface area contributed by atoms with E-state index in [4.69, 9.17) is 17.0 Å². The number of halogens is 1. The summed E-state index contributed by atoms with van der Waals surface area (Å²) in [5, 5.41) is 13.1. The number of likely N-dealkylation sites (tertiary alicyclic amines) is 1. The third kappa shape index (κ3) is 5.27. The van der Waals surface area contributed by atoms with Gasteiger partial charge in [-0.15, -0.1) is 0 Å². The number of hydrogen-bond acceptors (Lipinski definition) is 7. The highest BCUT2D eigenvalue weighted by molar-refractivity contribution is 8.03. The number of hydrogen-bond donors (Lipinski definition) is 2. The molecule has 8 nitrogen and oxygen atoms in total. The number of benzene rings is 1. The lowest BCUT2D eigenvalue weighted by Crippen LogP contribution is -2.57. The van der Waals surface area contributed by atoms with Gasteiger partial charge < -0.3 is 10.2 Å². The van der Waals surface area contributed by atoms with Crippen LogP contribution in [0.15, 0.2) is 64.2 Å². The van der Waals surface area contributed by atoms with Crippen molar-refractivity contribution in [1.82, 2.24) is 25.0 Å². The number of amides is 3. The van der Waals surface area contributed by atoms with Crippen LogP contribution in [-0.4, -0.2) is 70.7 Å². The van der Waals surface area contributed by atoms with Gasteiger partial charge in [-0.3, -0.25) is 20.0 Å². The standard InChI is InChI=1S/C24H27ClN6O2S/c1-29-12-6-7-17(29)15-31-21(26)20(23(32)30(2)24(31)33)22(34-18-8-4-3-5-9-18)28-14-16-10-11-19(25)27-13-16/h3-5,8-11,13,17,26,28H,6-7,12,14-15H2,1-2H3/b22-20-,26-21?. The molecule has 2 aromatic rings. The lowest BCUT2D eigenvalue weighted by atomic mass is 10.1. The predicted octanol–water partition coefficient (Wildman–Crippen LogP) is 3.79. The van der Waals surface area contributed by atoms with Gasteiger partial charge in [-0.1, -0.05) is 47.6 Å². The van der Waals surface area contributed by atoms with Gasteiger partial charge in [0.2, 0.25) is 0 Å². The number of amidine groups is 1. The Balaban J connectivity index is 1.68. The molecule has 2 saturated heterocycles. The predicted molar refractivity (Wildman–Crippen MR) is 134 cm³/mol. The maximum atomic E-state index is 13.3. The van der Waals surface area contributed by atoms with Crippen molar-refractivity contribution in [2.75, 3.05) is 27.2 Å². The number of nitrogens with one attached hydrogen (secondary N) is 2. The lowest BCUT2D eigenvalue weighted by Gasteiger charge is -2.37. The zero-order valence-electron chi connectivity index (χ0n) is 19.1. The summed E-state index contributed by atoms with van der Waals surface area (Å²) in [5.74, 6) is -0.570. The van der Waals surface area contributed by atoms with E-state index in [1.165, 1.54) is 23.7 Å². The SMILES string of the molecule is CN1C(=O)/C(=C(/NCc2ccc(Cl)nc2)Sc2ccccc2)C(=N)N(CC2CCCN2C)C1=O. The first kappa shape index (κ1) is 24.3. The van der Waals surface area contributed by atoms with Crippen molar-refractivity contribution in [3.05, 3.63) is 70.0 Å². The Hall–Kier alpha value is -2.88. The summed E-state index contributed by atoms with van der Waals surface area (Å²) < 4.78 is 0. The number of imide groups is 1. The van der Waals surface area contributed by atoms with Gasteiger partial charge in [-0.05, 0) is 50.2 Å². The summed E-state index contributed by atoms with van der Waals surface area (Å²) in [6.07, 6.45) is 3.67. The largest absolute Gasteiger partial charge is 0.375 e. The number of carbonyl (C=O) groups excluding carboxylic acids is 2. The van der Waals surface area contributed by atoms with E-state index in [2.05, 4.69) is 15.2 Å². The van der Waals surface area contributed by atoms with Crippen LogP contribution in [-0.2, 0) is 11.3 Å². The third-order valence-electron chi connectivity index (χ3n) is 6.04. The van der Waals surface area contributed by atoms with Gasteiger partial charge in [0.25, 0.3) is 5.91 Å². The van der Waals surface area contributed by atoms with Crippen LogP contribution in [0, 0.1) is 5.41 Å². The molecule has 0 radical (unpaired) electrons. The highest BCUT2D eigenvalue weighted by atomic mass is 35.5. The molecule has 1 aromatic heterocycles. The minimum atomic E-state index is -0.494. The van der Waals surface area contributed by atoms with Gasteiger partial charge in [0.1, 0.15) is 16.6 Å². The minimum Gasteiger partial charge on any atom is -0.375 e. The first-order chi connectivity index (χ1) is 16.3. The number of carbonyl (C=O) groups is 2. The summed E-state index contributed by atoms with van der Waals surface area (Å²) in [7, 11) is 3.50. The fourth-order valence-corrected chi connectivity index (χ4v) is 5.11. The molecular weight excluding hydrogens is 472 g/mol. The number of aromatic nitrogens is 1. The zero-order valence-corrected chi connectivity index (χ0v) is 20.7. The van der Waals surface area contributed by atoms with E-state index in [-0.39, 0.29) is 17.5 Å². The van der Waals surface area contributed by atoms with Crippen LogP contribution < -0.4 is 5.32 Å². The molecular formula is C24H27ClN6O2S. The van der Waals surface area contributed by atoms with Gasteiger partial charge in [0.15, 0.2) is 0 Å². The molecule has 2 aliphatic heterocycles. The molecule has 0 saturated carbocycles. The van der Waals surface area contributed by atoms with E-state index in [1.807, 2.05) is 43.4 Å². The first-order valence-electron chi connectivity index (χ1n) is 11.1. The molecule has 2 aliphatic rings. The van der Waals surface area contributed by atoms with Gasteiger partial charge in [0, 0.05) is 37.3 Å². The maximum Gasteiger partial charge on any atom is 0.332 e. The molecule has 178 valence electrons. The summed E-state index contributed by atoms with van der Waals surface area (Å²) in [4.78, 5) is 36.0. The molecule has 1 atom stereocenters. The monoisotopic (exact) mass is 498 g/mol. The summed E-state index contributed by atoms with van der Waals surface area (Å²) >= 11 is 7.26. The maximum absolute atomic E-state index is 13.3. The second-order valence-electron chi connectivity index (χ2n) is 8.34. The van der Waals surface area contributed by atoms with Gasteiger partial charge in [0.05, 0.1) is 5.03 Å². The Morgan fingerprint density at radius 2 is 1.97 bits per heavy atom. The summed E-state index contributed by atoms with van der Waals surface area (Å²) in [5.41, 5.74) is 1.05. The molecule has 0 aliphatic carbocycles. The Morgan fingerprint density at radius 3 is 2.62 bits per heavy atom. The van der Waals surface area contributed by atoms with Crippen molar-refractivity contribution in [3.63, 3.8) is 0 Å². The van der Waals surface area contributed by atoms with Gasteiger partial charge >= 0.3 is 6.03 Å². The number of nitrogens with zero attached hydrogens (tertiary/aromatic N) is 4. The van der Waals surface area contributed by atoms with Crippen LogP contribution in [0.4, 0.5) is 4.79 Å². The Bertz CT molecular complexity index is 1110. The van der Waals surface area contributed by atoms with Crippen LogP contribution in [0.5, 0.6) is 0 Å². The van der Waals surface area contributed by atoms with E-state index >= 15 is 0 Å². The highest BCUT2D eigenvalue weighted by Gasteiger charge is 2.41. The topological polar surface area (TPSA) is 92.6 Å². The van der Waals surface area contributed by atoms with Crippen LogP contribution in [0.2, 0.25) is 5.15 Å². The van der Waals surface area contributed by atoms with Crippen molar-refractivity contribution in [1.29, 1.82) is 5.41 Å². The molecule has 0 spiro atoms. The number of likely N-dealkylation sites (N-methyl/N-ethyl adjacent to an activating group) is 2. The Labute approximate surface area is 208 Å². The van der Waals surface area contributed by atoms with Gasteiger partial charge in [-0.2, -0.15) is 0 Å². The van der Waals surface area contributed by atoms with Crippen molar-refractivity contribution >= 4 is 41.1 Å². The van der Waals surface area contributed by atoms with E-state index in [1.54, 1.807) is 12.3 Å². The molecule has 3 amide bonds. The molecule has 1 unspecified atom stereocenters. The van der Waals surface area contributed by atoms with E-state index in [0.29, 0.717) is 23.3 Å². The fraction of sp³-hybridized carbons (Fsp3) is 0.333. The van der Waals surface area contributed by atoms with Crippen molar-refractivity contribution in [3.8, 4) is 0 Å². The molecule has 2 fully saturated rings. The average Bonchev–Trinajstić information content (AvgIpc) is 3.25. The second kappa shape index (κ2) is 10.6. The number of urea groups is 1. The van der Waals surface area contributed by atoms with Crippen molar-refractivity contribution in [2.45, 2.75) is 30.3 Å². The number of pyridine rings is 1. The lowest BCUT2D eigenvalue weighted by molar-refractivity contribution is -0.123. The molecule has 3 heterocycles. The molecule has 1 aromatic carbocycles. The quantitative estimate of drug-likeness (QED) is 0.343. The fourth-order valence-electron chi connectivity index (χ4n) is 4.04. The minimum absolute atomic E-state index is 0.0754. The first-order valence-corrected chi connectivity index (χ1v) is 12.2. The van der Waals surface area contributed by atoms with Crippen LogP contribution in [0.25, 0.3) is 0 Å². The van der Waals surface area contributed by atoms with Crippen molar-refractivity contribution in [2.24, 2.45) is 0 Å². The molecule has 10 heteroatoms. The molecule has 34 heavy (non-hydrogen) atoms. The van der Waals surface area contributed by atoms with Crippen LogP contribution >= 0.6 is 23.4 Å². The zero-order chi connectivity index (χ0) is 24.2. The average molecular weight is 499 g/mol. The van der Waals surface area contributed by atoms with E-state index < -0.39 is 11.9 Å². The molecule has 2 N–H and O–H groups in total. The smallest absolute Gasteiger partial charge is 0.332 e. The molecule has 4 rings (SSSR count). The second-order valence-corrected chi connectivity index (χ2v) is 9.82. The van der Waals surface area contributed by atoms with Crippen LogP contribution in [0.1, 0.15) is 18.4 Å². The Kier molecular flexibility index (Phi) is 7.55. The van der Waals surface area contributed by atoms with Crippen molar-refractivity contribution < 1.29 is 9.59 Å². The summed E-state index contributed by atoms with van der Waals surface area (Å²) in [6.45, 7) is 1.72. The third-order valence-corrected chi connectivity index (χ3v) is 7.32. The number of thioether (sulfide) groups is 1. The summed E-state index contributed by atoms with van der Waals surface area (Å²) in [6, 6.07) is 12.9. The Morgan fingerprint density at radius 1 is 1.21 bits per heavy atom. The number of rotatable bonds is 7. The van der Waals surface area contributed by atoms with Crippen LogP contribution in [0.3, 0.4) is 0 Å². The highest BCUT2D eigenvalue weighted by Crippen LogP contribution is 2.31.